The van der Waals surface area contributed by atoms with Crippen molar-refractivity contribution < 1.29 is 27.5 Å². The molecule has 2 aliphatic rings. The van der Waals surface area contributed by atoms with Gasteiger partial charge in [-0.05, 0) is 31.5 Å². The summed E-state index contributed by atoms with van der Waals surface area (Å²) in [6.45, 7) is 3.94. The Bertz CT molecular complexity index is 1480. The number of carbonyl (C=O) groups is 2. The molecule has 4 heterocycles. The van der Waals surface area contributed by atoms with Crippen molar-refractivity contribution in [2.75, 3.05) is 27.2 Å². The number of pyridine rings is 1. The van der Waals surface area contributed by atoms with E-state index in [0.29, 0.717) is 29.2 Å². The van der Waals surface area contributed by atoms with Crippen LogP contribution in [0.15, 0.2) is 35.6 Å². The third-order valence-corrected chi connectivity index (χ3v) is 7.00. The van der Waals surface area contributed by atoms with Crippen LogP contribution in [0.4, 0.5) is 18.0 Å². The number of ether oxygens (including phenoxy) is 1. The largest absolute Gasteiger partial charge is 0.483 e. The van der Waals surface area contributed by atoms with Crippen LogP contribution in [-0.4, -0.2) is 81.0 Å². The number of rotatable bonds is 6. The molecule has 1 atom stereocenters. The van der Waals surface area contributed by atoms with Gasteiger partial charge in [-0.1, -0.05) is 0 Å². The normalized spacial score (nSPS) is 16.8. The van der Waals surface area contributed by atoms with Gasteiger partial charge in [-0.15, -0.1) is 0 Å². The molecule has 40 heavy (non-hydrogen) atoms. The fraction of sp³-hybridized carbons (Fsp3) is 0.370. The number of halogens is 3. The summed E-state index contributed by atoms with van der Waals surface area (Å²) in [7, 11) is 3.36. The summed E-state index contributed by atoms with van der Waals surface area (Å²) in [4.78, 5) is 32.4. The monoisotopic (exact) mass is 555 g/mol. The number of carbonyl (C=O) groups excluding carboxylic acids is 2. The van der Waals surface area contributed by atoms with Crippen LogP contribution < -0.4 is 4.74 Å². The molecule has 0 saturated carbocycles. The van der Waals surface area contributed by atoms with E-state index in [-0.39, 0.29) is 31.2 Å². The fourth-order valence-corrected chi connectivity index (χ4v) is 4.72. The number of benzene rings is 1. The number of aryl methyl sites for hydroxylation is 1. The molecule has 0 spiro atoms. The summed E-state index contributed by atoms with van der Waals surface area (Å²) in [5.74, 6) is -1.93. The molecule has 210 valence electrons. The van der Waals surface area contributed by atoms with Crippen LogP contribution in [0.1, 0.15) is 35.0 Å². The minimum atomic E-state index is -0.732. The first-order chi connectivity index (χ1) is 19.0. The highest BCUT2D eigenvalue weighted by molar-refractivity contribution is 5.79. The van der Waals surface area contributed by atoms with E-state index in [1.165, 1.54) is 43.9 Å². The highest BCUT2D eigenvalue weighted by atomic mass is 19.1. The van der Waals surface area contributed by atoms with Gasteiger partial charge < -0.3 is 14.5 Å². The molecule has 10 nitrogen and oxygen atoms in total. The quantitative estimate of drug-likeness (QED) is 0.464. The number of hydrogen-bond acceptors (Lipinski definition) is 6. The molecule has 1 saturated heterocycles. The molecule has 1 aromatic carbocycles. The molecular formula is C27H28F3N7O3. The van der Waals surface area contributed by atoms with Gasteiger partial charge in [-0.25, -0.2) is 32.6 Å². The maximum Gasteiger partial charge on any atom is 0.341 e. The van der Waals surface area contributed by atoms with Crippen LogP contribution >= 0.6 is 0 Å². The molecule has 13 heteroatoms. The Hall–Kier alpha value is -4.42. The van der Waals surface area contributed by atoms with E-state index in [1.807, 2.05) is 6.92 Å². The first-order valence-corrected chi connectivity index (χ1v) is 12.7. The van der Waals surface area contributed by atoms with Crippen LogP contribution in [-0.2, 0) is 11.2 Å². The molecule has 0 aliphatic carbocycles. The predicted octanol–water partition coefficient (Wildman–Crippen LogP) is 3.55. The van der Waals surface area contributed by atoms with Gasteiger partial charge >= 0.3 is 6.03 Å². The number of urea groups is 1. The number of hydrogen-bond donors (Lipinski definition) is 0. The summed E-state index contributed by atoms with van der Waals surface area (Å²) >= 11 is 0. The molecule has 1 fully saturated rings. The Kier molecular flexibility index (Phi) is 7.21. The van der Waals surface area contributed by atoms with Crippen LogP contribution in [0.2, 0.25) is 0 Å². The molecule has 0 unspecified atom stereocenters. The van der Waals surface area contributed by atoms with Gasteiger partial charge in [0.1, 0.15) is 17.7 Å². The van der Waals surface area contributed by atoms with Crippen molar-refractivity contribution >= 4 is 18.2 Å². The second-order valence-corrected chi connectivity index (χ2v) is 10.0. The number of likely N-dealkylation sites (tertiary alicyclic amines) is 1. The summed E-state index contributed by atoms with van der Waals surface area (Å²) in [6.07, 6.45) is 2.57. The predicted molar refractivity (Wildman–Crippen MR) is 139 cm³/mol. The van der Waals surface area contributed by atoms with Gasteiger partial charge in [-0.3, -0.25) is 4.79 Å². The minimum absolute atomic E-state index is 0.0483. The van der Waals surface area contributed by atoms with Crippen LogP contribution in [0.3, 0.4) is 0 Å². The number of hydrazone groups is 1. The van der Waals surface area contributed by atoms with Crippen molar-refractivity contribution in [3.63, 3.8) is 0 Å². The lowest BCUT2D eigenvalue weighted by atomic mass is 10.0. The molecule has 2 aliphatic heterocycles. The maximum absolute atomic E-state index is 14.6. The molecular weight excluding hydrogens is 527 g/mol. The van der Waals surface area contributed by atoms with Crippen molar-refractivity contribution in [2.24, 2.45) is 5.10 Å². The van der Waals surface area contributed by atoms with E-state index in [2.05, 4.69) is 15.2 Å². The van der Waals surface area contributed by atoms with Crippen molar-refractivity contribution in [3.8, 4) is 11.6 Å². The Morgan fingerprint density at radius 1 is 1.07 bits per heavy atom. The van der Waals surface area contributed by atoms with E-state index in [9.17, 15) is 22.8 Å². The lowest BCUT2D eigenvalue weighted by molar-refractivity contribution is -0.127. The zero-order valence-corrected chi connectivity index (χ0v) is 22.4. The third kappa shape index (κ3) is 5.23. The lowest BCUT2D eigenvalue weighted by Gasteiger charge is -2.41. The number of amides is 3. The summed E-state index contributed by atoms with van der Waals surface area (Å²) in [6, 6.07) is 3.49. The Morgan fingerprint density at radius 2 is 1.77 bits per heavy atom. The molecule has 2 aromatic heterocycles. The van der Waals surface area contributed by atoms with Gasteiger partial charge in [0.2, 0.25) is 5.91 Å². The lowest BCUT2D eigenvalue weighted by Crippen LogP contribution is -2.58. The van der Waals surface area contributed by atoms with Gasteiger partial charge in [0.05, 0.1) is 37.4 Å². The minimum Gasteiger partial charge on any atom is -0.483 e. The van der Waals surface area contributed by atoms with E-state index in [1.54, 1.807) is 21.0 Å². The van der Waals surface area contributed by atoms with Gasteiger partial charge in [0, 0.05) is 50.1 Å². The van der Waals surface area contributed by atoms with Crippen molar-refractivity contribution in [3.05, 3.63) is 70.4 Å². The number of nitrogens with zero attached hydrogens (tertiary/aromatic N) is 7. The second kappa shape index (κ2) is 10.6. The average molecular weight is 556 g/mol. The zero-order chi connectivity index (χ0) is 28.7. The van der Waals surface area contributed by atoms with Crippen molar-refractivity contribution in [2.45, 2.75) is 38.8 Å². The Balaban J connectivity index is 1.25. The van der Waals surface area contributed by atoms with E-state index >= 15 is 0 Å². The Labute approximate surface area is 228 Å². The average Bonchev–Trinajstić information content (AvgIpc) is 3.47. The highest BCUT2D eigenvalue weighted by Gasteiger charge is 2.39. The zero-order valence-electron chi connectivity index (χ0n) is 22.4. The van der Waals surface area contributed by atoms with E-state index in [0.717, 1.165) is 17.8 Å². The first-order valence-electron chi connectivity index (χ1n) is 12.7. The smallest absolute Gasteiger partial charge is 0.341 e. The molecule has 0 N–H and O–H groups in total. The fourth-order valence-electron chi connectivity index (χ4n) is 4.72. The van der Waals surface area contributed by atoms with Gasteiger partial charge in [0.25, 0.3) is 0 Å². The van der Waals surface area contributed by atoms with Crippen molar-refractivity contribution in [1.29, 1.82) is 0 Å². The van der Waals surface area contributed by atoms with Gasteiger partial charge in [-0.2, -0.15) is 10.2 Å². The summed E-state index contributed by atoms with van der Waals surface area (Å²) < 4.78 is 49.5. The first kappa shape index (κ1) is 27.2. The SMILES string of the molecule is Cc1nn(-c2cc(OC3CN(C(=O)N4N=CC[C@H]4c4cc(F)cc(F)c4)C3)c(F)cn2)c(C)c1CC(=O)N(C)C. The molecule has 5 rings (SSSR count). The third-order valence-electron chi connectivity index (χ3n) is 7.00. The van der Waals surface area contributed by atoms with Crippen LogP contribution in [0, 0.1) is 31.3 Å². The number of aromatic nitrogens is 3. The van der Waals surface area contributed by atoms with E-state index in [4.69, 9.17) is 4.74 Å². The molecule has 3 amide bonds. The van der Waals surface area contributed by atoms with Crippen LogP contribution in [0.5, 0.6) is 5.75 Å². The molecule has 0 bridgehead atoms. The Morgan fingerprint density at radius 3 is 2.45 bits per heavy atom. The van der Waals surface area contributed by atoms with E-state index < -0.39 is 35.6 Å². The maximum atomic E-state index is 14.6. The van der Waals surface area contributed by atoms with Gasteiger partial charge in [0.15, 0.2) is 17.4 Å². The van der Waals surface area contributed by atoms with Crippen molar-refractivity contribution in [1.82, 2.24) is 29.6 Å². The summed E-state index contributed by atoms with van der Waals surface area (Å²) in [5.41, 5.74) is 2.45. The molecule has 0 radical (unpaired) electrons. The van der Waals surface area contributed by atoms with Crippen LogP contribution in [0.25, 0.3) is 5.82 Å². The summed E-state index contributed by atoms with van der Waals surface area (Å²) in [5, 5.41) is 9.78. The number of likely N-dealkylation sites (N-methyl/N-ethyl adjacent to an activating group) is 1. The standard InChI is InChI=1S/C27H28F3N7O3/c1-15-21(10-26(38)34(3)4)16(2)36(33-15)25-11-24(22(30)12-31-25)40-20-13-35(14-20)27(39)37-23(5-6-32-37)17-7-18(28)9-19(29)8-17/h6-9,11-12,20,23H,5,10,13-14H2,1-4H3/t23-/m0/s1. The molecule has 3 aromatic rings. The second-order valence-electron chi connectivity index (χ2n) is 10.0. The topological polar surface area (TPSA) is 96.2 Å². The highest BCUT2D eigenvalue weighted by Crippen LogP contribution is 2.32.